The van der Waals surface area contributed by atoms with E-state index in [1.54, 1.807) is 18.2 Å². The van der Waals surface area contributed by atoms with Crippen molar-refractivity contribution >= 4 is 11.7 Å². The van der Waals surface area contributed by atoms with Crippen molar-refractivity contribution in [2.45, 2.75) is 31.7 Å². The highest BCUT2D eigenvalue weighted by molar-refractivity contribution is 5.93. The fourth-order valence-corrected chi connectivity index (χ4v) is 4.38. The first-order valence-electron chi connectivity index (χ1n) is 10.6. The van der Waals surface area contributed by atoms with E-state index in [4.69, 9.17) is 4.98 Å². The summed E-state index contributed by atoms with van der Waals surface area (Å²) in [5.74, 6) is 0.505. The van der Waals surface area contributed by atoms with E-state index in [9.17, 15) is 9.18 Å². The smallest absolute Gasteiger partial charge is 0.273 e. The second-order valence-corrected chi connectivity index (χ2v) is 8.06. The molecule has 0 N–H and O–H groups in total. The van der Waals surface area contributed by atoms with Crippen molar-refractivity contribution in [3.8, 4) is 0 Å². The molecule has 5 nitrogen and oxygen atoms in total. The van der Waals surface area contributed by atoms with Gasteiger partial charge in [-0.15, -0.1) is 0 Å². The van der Waals surface area contributed by atoms with Gasteiger partial charge in [0.1, 0.15) is 17.3 Å². The summed E-state index contributed by atoms with van der Waals surface area (Å²) in [6.07, 6.45) is 3.80. The van der Waals surface area contributed by atoms with Gasteiger partial charge >= 0.3 is 0 Å². The Morgan fingerprint density at radius 3 is 2.69 bits per heavy atom. The van der Waals surface area contributed by atoms with Crippen LogP contribution >= 0.6 is 0 Å². The number of rotatable bonds is 3. The molecule has 4 rings (SSSR count). The number of piperidine rings is 1. The van der Waals surface area contributed by atoms with E-state index in [-0.39, 0.29) is 17.8 Å². The van der Waals surface area contributed by atoms with E-state index in [1.807, 2.05) is 23.1 Å². The monoisotopic (exact) mass is 396 g/mol. The molecule has 1 aromatic carbocycles. The van der Waals surface area contributed by atoms with Gasteiger partial charge in [-0.3, -0.25) is 4.79 Å². The third kappa shape index (κ3) is 4.42. The minimum atomic E-state index is -0.243. The predicted molar refractivity (Wildman–Crippen MR) is 113 cm³/mol. The number of benzene rings is 1. The van der Waals surface area contributed by atoms with Crippen LogP contribution in [-0.4, -0.2) is 60.5 Å². The molecule has 0 spiro atoms. The largest absolute Gasteiger partial charge is 0.355 e. The fraction of sp³-hybridized carbons (Fsp3) is 0.478. The van der Waals surface area contributed by atoms with Gasteiger partial charge in [0.25, 0.3) is 5.91 Å². The number of likely N-dealkylation sites (N-methyl/N-ethyl adjacent to an activating group) is 1. The summed E-state index contributed by atoms with van der Waals surface area (Å²) >= 11 is 0. The molecule has 0 aliphatic carbocycles. The molecule has 2 aliphatic heterocycles. The molecule has 2 fully saturated rings. The Bertz CT molecular complexity index is 858. The number of hydrogen-bond acceptors (Lipinski definition) is 4. The Labute approximate surface area is 172 Å². The number of nitrogens with zero attached hydrogens (tertiary/aromatic N) is 4. The van der Waals surface area contributed by atoms with Gasteiger partial charge in [0.2, 0.25) is 0 Å². The molecule has 1 unspecified atom stereocenters. The third-order valence-corrected chi connectivity index (χ3v) is 6.02. The van der Waals surface area contributed by atoms with Crippen LogP contribution in [0.5, 0.6) is 0 Å². The molecule has 1 atom stereocenters. The number of halogens is 1. The van der Waals surface area contributed by atoms with E-state index in [0.717, 1.165) is 57.7 Å². The number of likely N-dealkylation sites (tertiary alicyclic amines) is 1. The summed E-state index contributed by atoms with van der Waals surface area (Å²) < 4.78 is 14.4. The Morgan fingerprint density at radius 1 is 0.966 bits per heavy atom. The summed E-state index contributed by atoms with van der Waals surface area (Å²) in [4.78, 5) is 24.5. The molecule has 2 aliphatic rings. The van der Waals surface area contributed by atoms with Crippen LogP contribution in [0, 0.1) is 5.82 Å². The lowest BCUT2D eigenvalue weighted by Crippen LogP contribution is -2.39. The van der Waals surface area contributed by atoms with Gasteiger partial charge in [-0.2, -0.15) is 0 Å². The standard InChI is InChI=1S/C23H29FN4O/c1-26-13-7-14-27(17-16-26)22-12-6-10-20(25-22)23(29)28-15-5-4-11-21(28)18-8-2-3-9-19(18)24/h2-3,6,8-10,12,21H,4-5,7,11,13-17H2,1H3. The van der Waals surface area contributed by atoms with Crippen LogP contribution in [0.25, 0.3) is 0 Å². The Morgan fingerprint density at radius 2 is 1.83 bits per heavy atom. The molecule has 1 aromatic heterocycles. The third-order valence-electron chi connectivity index (χ3n) is 6.02. The van der Waals surface area contributed by atoms with Crippen molar-refractivity contribution < 1.29 is 9.18 Å². The number of amides is 1. The molecule has 6 heteroatoms. The van der Waals surface area contributed by atoms with Crippen LogP contribution in [0.4, 0.5) is 10.2 Å². The van der Waals surface area contributed by atoms with Gasteiger partial charge in [0.15, 0.2) is 0 Å². The average Bonchev–Trinajstić information content (AvgIpc) is 2.98. The molecular weight excluding hydrogens is 367 g/mol. The number of carbonyl (C=O) groups is 1. The predicted octanol–water partition coefficient (Wildman–Crippen LogP) is 3.73. The van der Waals surface area contributed by atoms with Crippen LogP contribution in [0.3, 0.4) is 0 Å². The molecule has 2 saturated heterocycles. The maximum atomic E-state index is 14.4. The number of pyridine rings is 1. The minimum Gasteiger partial charge on any atom is -0.355 e. The summed E-state index contributed by atoms with van der Waals surface area (Å²) in [6.45, 7) is 4.55. The highest BCUT2D eigenvalue weighted by atomic mass is 19.1. The van der Waals surface area contributed by atoms with Crippen molar-refractivity contribution in [1.82, 2.24) is 14.8 Å². The molecular formula is C23H29FN4O. The molecule has 29 heavy (non-hydrogen) atoms. The van der Waals surface area contributed by atoms with E-state index >= 15 is 0 Å². The summed E-state index contributed by atoms with van der Waals surface area (Å²) in [7, 11) is 2.14. The molecule has 154 valence electrons. The first-order chi connectivity index (χ1) is 14.1. The number of aromatic nitrogens is 1. The van der Waals surface area contributed by atoms with Crippen LogP contribution in [0.2, 0.25) is 0 Å². The lowest BCUT2D eigenvalue weighted by atomic mass is 9.94. The molecule has 3 heterocycles. The molecule has 0 saturated carbocycles. The van der Waals surface area contributed by atoms with Gasteiger partial charge < -0.3 is 14.7 Å². The fourth-order valence-electron chi connectivity index (χ4n) is 4.38. The normalized spacial score (nSPS) is 21.1. The van der Waals surface area contributed by atoms with E-state index < -0.39 is 0 Å². The summed E-state index contributed by atoms with van der Waals surface area (Å²) in [6, 6.07) is 12.2. The van der Waals surface area contributed by atoms with Gasteiger partial charge in [0, 0.05) is 31.7 Å². The van der Waals surface area contributed by atoms with Crippen LogP contribution in [0.1, 0.15) is 47.8 Å². The average molecular weight is 397 g/mol. The topological polar surface area (TPSA) is 39.7 Å². The zero-order valence-corrected chi connectivity index (χ0v) is 17.1. The van der Waals surface area contributed by atoms with Crippen LogP contribution in [0.15, 0.2) is 42.5 Å². The second-order valence-electron chi connectivity index (χ2n) is 8.06. The Balaban J connectivity index is 1.57. The second kappa shape index (κ2) is 8.91. The van der Waals surface area contributed by atoms with Crippen molar-refractivity contribution in [2.75, 3.05) is 44.7 Å². The van der Waals surface area contributed by atoms with Crippen molar-refractivity contribution in [3.63, 3.8) is 0 Å². The number of anilines is 1. The zero-order valence-electron chi connectivity index (χ0n) is 17.1. The summed E-state index contributed by atoms with van der Waals surface area (Å²) in [5.41, 5.74) is 1.05. The highest BCUT2D eigenvalue weighted by Gasteiger charge is 2.31. The molecule has 1 amide bonds. The Hall–Kier alpha value is -2.47. The maximum Gasteiger partial charge on any atom is 0.273 e. The number of hydrogen-bond donors (Lipinski definition) is 0. The van der Waals surface area contributed by atoms with Crippen LogP contribution < -0.4 is 4.90 Å². The first-order valence-corrected chi connectivity index (χ1v) is 10.6. The zero-order chi connectivity index (χ0) is 20.2. The molecule has 2 aromatic rings. The van der Waals surface area contributed by atoms with E-state index in [2.05, 4.69) is 16.8 Å². The van der Waals surface area contributed by atoms with E-state index in [0.29, 0.717) is 17.8 Å². The van der Waals surface area contributed by atoms with Crippen LogP contribution in [-0.2, 0) is 0 Å². The van der Waals surface area contributed by atoms with Gasteiger partial charge in [-0.1, -0.05) is 24.3 Å². The lowest BCUT2D eigenvalue weighted by molar-refractivity contribution is 0.0601. The Kier molecular flexibility index (Phi) is 6.09. The van der Waals surface area contributed by atoms with Gasteiger partial charge in [0.05, 0.1) is 6.04 Å². The van der Waals surface area contributed by atoms with E-state index in [1.165, 1.54) is 6.07 Å². The minimum absolute atomic E-state index is 0.105. The van der Waals surface area contributed by atoms with Crippen molar-refractivity contribution in [3.05, 3.63) is 59.5 Å². The highest BCUT2D eigenvalue weighted by Crippen LogP contribution is 2.33. The first kappa shape index (κ1) is 19.8. The van der Waals surface area contributed by atoms with Crippen molar-refractivity contribution in [2.24, 2.45) is 0 Å². The van der Waals surface area contributed by atoms with Crippen molar-refractivity contribution in [1.29, 1.82) is 0 Å². The SMILES string of the molecule is CN1CCCN(c2cccc(C(=O)N3CCCCC3c3ccccc3F)n2)CC1. The quantitative estimate of drug-likeness (QED) is 0.793. The molecule has 0 bridgehead atoms. The van der Waals surface area contributed by atoms with Gasteiger partial charge in [-0.05, 0) is 57.5 Å². The van der Waals surface area contributed by atoms with Gasteiger partial charge in [-0.25, -0.2) is 9.37 Å². The molecule has 0 radical (unpaired) electrons. The number of carbonyl (C=O) groups excluding carboxylic acids is 1. The maximum absolute atomic E-state index is 14.4. The summed E-state index contributed by atoms with van der Waals surface area (Å²) in [5, 5.41) is 0. The lowest BCUT2D eigenvalue weighted by Gasteiger charge is -2.36.